The smallest absolute Gasteiger partial charge is 0.162 e. The topological polar surface area (TPSA) is 41.1 Å². The Morgan fingerprint density at radius 2 is 2.08 bits per heavy atom. The van der Waals surface area contributed by atoms with E-state index in [1.54, 1.807) is 0 Å². The lowest BCUT2D eigenvalue weighted by atomic mass is 10.3. The average Bonchev–Trinajstić information content (AvgIpc) is 2.46. The molecule has 4 heteroatoms. The van der Waals surface area contributed by atoms with Gasteiger partial charge in [0.25, 0.3) is 0 Å². The van der Waals surface area contributed by atoms with Gasteiger partial charge in [-0.05, 0) is 40.8 Å². The molecule has 2 N–H and O–H groups in total. The first-order valence-electron chi connectivity index (χ1n) is 3.57. The summed E-state index contributed by atoms with van der Waals surface area (Å²) in [6, 6.07) is 5.97. The molecule has 1 unspecified atom stereocenters. The highest BCUT2D eigenvalue weighted by Gasteiger charge is 2.17. The van der Waals surface area contributed by atoms with Crippen LogP contribution in [0, 0.1) is 3.57 Å². The number of hydrogen-bond acceptors (Lipinski definition) is 3. The molecular weight excluding hydrogens is 267 g/mol. The minimum Gasteiger partial charge on any atom is -0.358 e. The van der Waals surface area contributed by atoms with Gasteiger partial charge in [-0.2, -0.15) is 0 Å². The maximum absolute atomic E-state index is 10.4. The number of hydrogen-bond donors (Lipinski definition) is 2. The standard InChI is InChI=1S/C8H7IN2O/c9-5-1-2-6-7(3-5)11-8(4-12)10-6/h1-4,8,10-11H. The molecule has 1 aromatic carbocycles. The van der Waals surface area contributed by atoms with Crippen LogP contribution in [-0.2, 0) is 4.79 Å². The second-order valence-corrected chi connectivity index (χ2v) is 3.84. The Kier molecular flexibility index (Phi) is 1.92. The van der Waals surface area contributed by atoms with Gasteiger partial charge in [0.2, 0.25) is 0 Å². The summed E-state index contributed by atoms with van der Waals surface area (Å²) in [6.07, 6.45) is 0.588. The van der Waals surface area contributed by atoms with Gasteiger partial charge in [-0.1, -0.05) is 0 Å². The summed E-state index contributed by atoms with van der Waals surface area (Å²) in [6.45, 7) is 0. The number of carbonyl (C=O) groups excluding carboxylic acids is 1. The zero-order valence-corrected chi connectivity index (χ0v) is 8.33. The number of benzene rings is 1. The van der Waals surface area contributed by atoms with E-state index >= 15 is 0 Å². The van der Waals surface area contributed by atoms with Crippen molar-refractivity contribution in [2.45, 2.75) is 6.17 Å². The third kappa shape index (κ3) is 1.26. The van der Waals surface area contributed by atoms with E-state index in [-0.39, 0.29) is 6.17 Å². The van der Waals surface area contributed by atoms with Crippen molar-refractivity contribution < 1.29 is 4.79 Å². The van der Waals surface area contributed by atoms with Crippen molar-refractivity contribution in [2.75, 3.05) is 10.6 Å². The molecule has 0 aromatic heterocycles. The zero-order valence-electron chi connectivity index (χ0n) is 6.17. The number of halogens is 1. The second kappa shape index (κ2) is 2.93. The fourth-order valence-corrected chi connectivity index (χ4v) is 1.69. The average molecular weight is 274 g/mol. The van der Waals surface area contributed by atoms with Crippen LogP contribution in [0.3, 0.4) is 0 Å². The zero-order chi connectivity index (χ0) is 8.55. The number of anilines is 2. The van der Waals surface area contributed by atoms with Gasteiger partial charge in [-0.15, -0.1) is 0 Å². The number of aldehydes is 1. The van der Waals surface area contributed by atoms with E-state index in [9.17, 15) is 4.79 Å². The van der Waals surface area contributed by atoms with Crippen LogP contribution < -0.4 is 10.6 Å². The summed E-state index contributed by atoms with van der Waals surface area (Å²) in [7, 11) is 0. The third-order valence-electron chi connectivity index (χ3n) is 1.74. The van der Waals surface area contributed by atoms with Gasteiger partial charge in [-0.25, -0.2) is 0 Å². The lowest BCUT2D eigenvalue weighted by Crippen LogP contribution is -2.22. The molecule has 3 nitrogen and oxygen atoms in total. The quantitative estimate of drug-likeness (QED) is 0.604. The second-order valence-electron chi connectivity index (χ2n) is 2.59. The highest BCUT2D eigenvalue weighted by molar-refractivity contribution is 14.1. The summed E-state index contributed by atoms with van der Waals surface area (Å²) in [5, 5.41) is 6.07. The molecule has 0 spiro atoms. The van der Waals surface area contributed by atoms with Crippen LogP contribution in [0.15, 0.2) is 18.2 Å². The third-order valence-corrected chi connectivity index (χ3v) is 2.41. The summed E-state index contributed by atoms with van der Waals surface area (Å²) in [5.41, 5.74) is 1.99. The van der Waals surface area contributed by atoms with Gasteiger partial charge in [0, 0.05) is 3.57 Å². The SMILES string of the molecule is O=CC1Nc2ccc(I)cc2N1. The highest BCUT2D eigenvalue weighted by Crippen LogP contribution is 2.29. The molecule has 0 fully saturated rings. The van der Waals surface area contributed by atoms with Crippen molar-refractivity contribution in [3.8, 4) is 0 Å². The molecular formula is C8H7IN2O. The van der Waals surface area contributed by atoms with Crippen LogP contribution in [0.25, 0.3) is 0 Å². The van der Waals surface area contributed by atoms with Crippen LogP contribution in [0.5, 0.6) is 0 Å². The first-order chi connectivity index (χ1) is 5.79. The van der Waals surface area contributed by atoms with E-state index < -0.39 is 0 Å². The molecule has 0 saturated heterocycles. The van der Waals surface area contributed by atoms with Crippen LogP contribution in [0.4, 0.5) is 11.4 Å². The summed E-state index contributed by atoms with van der Waals surface area (Å²) in [4.78, 5) is 10.4. The van der Waals surface area contributed by atoms with Crippen LogP contribution in [0.2, 0.25) is 0 Å². The van der Waals surface area contributed by atoms with E-state index in [4.69, 9.17) is 0 Å². The van der Waals surface area contributed by atoms with Crippen molar-refractivity contribution in [1.29, 1.82) is 0 Å². The Hall–Kier alpha value is -0.780. The number of nitrogens with one attached hydrogen (secondary N) is 2. The van der Waals surface area contributed by atoms with Crippen LogP contribution in [0.1, 0.15) is 0 Å². The molecule has 0 saturated carbocycles. The van der Waals surface area contributed by atoms with E-state index in [1.807, 2.05) is 18.2 Å². The van der Waals surface area contributed by atoms with Crippen molar-refractivity contribution >= 4 is 40.3 Å². The predicted octanol–water partition coefficient (Wildman–Crippen LogP) is 1.65. The van der Waals surface area contributed by atoms with E-state index in [1.165, 1.54) is 0 Å². The fourth-order valence-electron chi connectivity index (χ4n) is 1.20. The molecule has 1 aliphatic heterocycles. The Morgan fingerprint density at radius 3 is 2.83 bits per heavy atom. The molecule has 1 atom stereocenters. The number of rotatable bonds is 1. The lowest BCUT2D eigenvalue weighted by Gasteiger charge is -2.00. The molecule has 0 amide bonds. The normalized spacial score (nSPS) is 19.2. The van der Waals surface area contributed by atoms with Gasteiger partial charge >= 0.3 is 0 Å². The van der Waals surface area contributed by atoms with E-state index in [2.05, 4.69) is 33.2 Å². The van der Waals surface area contributed by atoms with E-state index in [0.29, 0.717) is 0 Å². The van der Waals surface area contributed by atoms with Crippen LogP contribution in [-0.4, -0.2) is 12.5 Å². The van der Waals surface area contributed by atoms with E-state index in [0.717, 1.165) is 21.2 Å². The van der Waals surface area contributed by atoms with Crippen molar-refractivity contribution in [2.24, 2.45) is 0 Å². The maximum atomic E-state index is 10.4. The fraction of sp³-hybridized carbons (Fsp3) is 0.125. The lowest BCUT2D eigenvalue weighted by molar-refractivity contribution is -0.107. The van der Waals surface area contributed by atoms with Gasteiger partial charge in [0.05, 0.1) is 11.4 Å². The minimum atomic E-state index is -0.266. The Labute approximate surface area is 83.7 Å². The molecule has 1 aliphatic rings. The molecule has 12 heavy (non-hydrogen) atoms. The number of carbonyl (C=O) groups is 1. The van der Waals surface area contributed by atoms with Gasteiger partial charge in [-0.3, -0.25) is 4.79 Å². The maximum Gasteiger partial charge on any atom is 0.162 e. The predicted molar refractivity (Wildman–Crippen MR) is 56.3 cm³/mol. The Balaban J connectivity index is 2.35. The van der Waals surface area contributed by atoms with Gasteiger partial charge < -0.3 is 10.6 Å². The van der Waals surface area contributed by atoms with Crippen molar-refractivity contribution in [3.05, 3.63) is 21.8 Å². The van der Waals surface area contributed by atoms with Gasteiger partial charge in [0.1, 0.15) is 0 Å². The molecule has 0 aliphatic carbocycles. The summed E-state index contributed by atoms with van der Waals surface area (Å²) in [5.74, 6) is 0. The first kappa shape index (κ1) is 7.85. The first-order valence-corrected chi connectivity index (χ1v) is 4.65. The molecule has 62 valence electrons. The molecule has 0 radical (unpaired) electrons. The highest BCUT2D eigenvalue weighted by atomic mass is 127. The van der Waals surface area contributed by atoms with Crippen molar-refractivity contribution in [1.82, 2.24) is 0 Å². The summed E-state index contributed by atoms with van der Waals surface area (Å²) < 4.78 is 1.16. The van der Waals surface area contributed by atoms with Gasteiger partial charge in [0.15, 0.2) is 12.5 Å². The Morgan fingerprint density at radius 1 is 1.33 bits per heavy atom. The number of fused-ring (bicyclic) bond motifs is 1. The largest absolute Gasteiger partial charge is 0.358 e. The molecule has 2 rings (SSSR count). The molecule has 1 aromatic rings. The molecule has 0 bridgehead atoms. The molecule has 1 heterocycles. The summed E-state index contributed by atoms with van der Waals surface area (Å²) >= 11 is 2.24. The Bertz CT molecular complexity index is 327. The monoisotopic (exact) mass is 274 g/mol. The van der Waals surface area contributed by atoms with Crippen molar-refractivity contribution in [3.63, 3.8) is 0 Å². The van der Waals surface area contributed by atoms with Crippen LogP contribution >= 0.6 is 22.6 Å². The minimum absolute atomic E-state index is 0.266.